The van der Waals surface area contributed by atoms with Crippen molar-refractivity contribution in [2.45, 2.75) is 52.1 Å². The lowest BCUT2D eigenvalue weighted by atomic mass is 9.99. The summed E-state index contributed by atoms with van der Waals surface area (Å²) in [7, 11) is 0. The third-order valence-electron chi connectivity index (χ3n) is 4.83. The number of amides is 1. The summed E-state index contributed by atoms with van der Waals surface area (Å²) in [5.41, 5.74) is 0.951. The molecule has 3 rings (SSSR count). The predicted molar refractivity (Wildman–Crippen MR) is 99.5 cm³/mol. The Morgan fingerprint density at radius 1 is 1.31 bits per heavy atom. The smallest absolute Gasteiger partial charge is 0.272 e. The lowest BCUT2D eigenvalue weighted by Crippen LogP contribution is -2.43. The molecule has 0 spiro atoms. The number of hydrogen-bond acceptors (Lipinski definition) is 4. The van der Waals surface area contributed by atoms with Crippen molar-refractivity contribution in [2.75, 3.05) is 11.9 Å². The van der Waals surface area contributed by atoms with Crippen LogP contribution in [0.2, 0.25) is 0 Å². The molecule has 1 unspecified atom stereocenters. The fourth-order valence-corrected chi connectivity index (χ4v) is 3.43. The molecule has 1 aromatic heterocycles. The van der Waals surface area contributed by atoms with Crippen molar-refractivity contribution in [2.24, 2.45) is 0 Å². The molecule has 0 bridgehead atoms. The molecular formula is C20H25FN4O. The van der Waals surface area contributed by atoms with Crippen LogP contribution in [0.15, 0.2) is 30.3 Å². The van der Waals surface area contributed by atoms with E-state index in [0.29, 0.717) is 29.4 Å². The van der Waals surface area contributed by atoms with Crippen LogP contribution >= 0.6 is 0 Å². The molecule has 0 radical (unpaired) electrons. The van der Waals surface area contributed by atoms with Gasteiger partial charge in [0.05, 0.1) is 0 Å². The number of carbonyl (C=O) groups excluding carboxylic acids is 1. The van der Waals surface area contributed by atoms with Gasteiger partial charge < -0.3 is 10.2 Å². The number of aryl methyl sites for hydroxylation is 1. The van der Waals surface area contributed by atoms with Crippen LogP contribution in [-0.2, 0) is 6.54 Å². The quantitative estimate of drug-likeness (QED) is 0.881. The Balaban J connectivity index is 1.76. The van der Waals surface area contributed by atoms with E-state index in [1.807, 2.05) is 4.90 Å². The summed E-state index contributed by atoms with van der Waals surface area (Å²) in [5, 5.41) is 3.10. The van der Waals surface area contributed by atoms with Crippen LogP contribution in [0, 0.1) is 12.7 Å². The number of piperidine rings is 1. The number of anilines is 1. The SMILES string of the molecule is CCC1CCCCN1C(=O)c1cc(NCc2ccccc2F)nc(C)n1. The number of nitrogens with zero attached hydrogens (tertiary/aromatic N) is 3. The van der Waals surface area contributed by atoms with E-state index in [-0.39, 0.29) is 17.8 Å². The Hall–Kier alpha value is -2.50. The summed E-state index contributed by atoms with van der Waals surface area (Å²) in [6, 6.07) is 8.55. The molecule has 0 saturated carbocycles. The molecule has 1 fully saturated rings. The summed E-state index contributed by atoms with van der Waals surface area (Å²) >= 11 is 0. The number of carbonyl (C=O) groups is 1. The van der Waals surface area contributed by atoms with Crippen LogP contribution in [-0.4, -0.2) is 33.4 Å². The summed E-state index contributed by atoms with van der Waals surface area (Å²) in [4.78, 5) is 23.5. The Kier molecular flexibility index (Phi) is 5.81. The van der Waals surface area contributed by atoms with Gasteiger partial charge in [0.25, 0.3) is 5.91 Å². The van der Waals surface area contributed by atoms with E-state index in [1.165, 1.54) is 12.5 Å². The molecule has 2 heterocycles. The highest BCUT2D eigenvalue weighted by Crippen LogP contribution is 2.22. The van der Waals surface area contributed by atoms with E-state index < -0.39 is 0 Å². The van der Waals surface area contributed by atoms with Crippen molar-refractivity contribution in [1.82, 2.24) is 14.9 Å². The number of nitrogens with one attached hydrogen (secondary N) is 1. The van der Waals surface area contributed by atoms with Crippen LogP contribution in [0.5, 0.6) is 0 Å². The van der Waals surface area contributed by atoms with Gasteiger partial charge in [-0.2, -0.15) is 0 Å². The van der Waals surface area contributed by atoms with Crippen molar-refractivity contribution in [3.63, 3.8) is 0 Å². The summed E-state index contributed by atoms with van der Waals surface area (Å²) in [5.74, 6) is 0.753. The fraction of sp³-hybridized carbons (Fsp3) is 0.450. The van der Waals surface area contributed by atoms with E-state index in [0.717, 1.165) is 25.8 Å². The summed E-state index contributed by atoms with van der Waals surface area (Å²) in [6.07, 6.45) is 4.20. The lowest BCUT2D eigenvalue weighted by Gasteiger charge is -2.35. The van der Waals surface area contributed by atoms with Gasteiger partial charge in [-0.05, 0) is 38.7 Å². The average molecular weight is 356 g/mol. The first-order chi connectivity index (χ1) is 12.6. The van der Waals surface area contributed by atoms with E-state index in [2.05, 4.69) is 22.2 Å². The molecule has 2 aromatic rings. The maximum atomic E-state index is 13.8. The number of benzene rings is 1. The number of likely N-dealkylation sites (tertiary alicyclic amines) is 1. The van der Waals surface area contributed by atoms with E-state index >= 15 is 0 Å². The molecule has 1 amide bonds. The van der Waals surface area contributed by atoms with E-state index in [9.17, 15) is 9.18 Å². The minimum atomic E-state index is -0.263. The number of aromatic nitrogens is 2. The number of rotatable bonds is 5. The monoisotopic (exact) mass is 356 g/mol. The van der Waals surface area contributed by atoms with Crippen LogP contribution in [0.25, 0.3) is 0 Å². The maximum absolute atomic E-state index is 13.8. The van der Waals surface area contributed by atoms with Gasteiger partial charge in [-0.3, -0.25) is 4.79 Å². The highest BCUT2D eigenvalue weighted by molar-refractivity contribution is 5.93. The molecule has 0 aliphatic carbocycles. The fourth-order valence-electron chi connectivity index (χ4n) is 3.43. The first-order valence-corrected chi connectivity index (χ1v) is 9.22. The van der Waals surface area contributed by atoms with Crippen molar-refractivity contribution < 1.29 is 9.18 Å². The van der Waals surface area contributed by atoms with Gasteiger partial charge in [0.1, 0.15) is 23.2 Å². The highest BCUT2D eigenvalue weighted by Gasteiger charge is 2.27. The normalized spacial score (nSPS) is 17.2. The Morgan fingerprint density at radius 2 is 2.12 bits per heavy atom. The highest BCUT2D eigenvalue weighted by atomic mass is 19.1. The molecule has 1 aliphatic rings. The van der Waals surface area contributed by atoms with Crippen molar-refractivity contribution in [3.05, 3.63) is 53.2 Å². The number of hydrogen-bond donors (Lipinski definition) is 1. The Labute approximate surface area is 153 Å². The van der Waals surface area contributed by atoms with Gasteiger partial charge in [-0.15, -0.1) is 0 Å². The standard InChI is InChI=1S/C20H25FN4O/c1-3-16-9-6-7-11-25(16)20(26)18-12-19(24-14(2)23-18)22-13-15-8-4-5-10-17(15)21/h4-5,8,10,12,16H,3,6-7,9,11,13H2,1-2H3,(H,22,23,24). The zero-order valence-corrected chi connectivity index (χ0v) is 15.3. The summed E-state index contributed by atoms with van der Waals surface area (Å²) in [6.45, 7) is 4.96. The first-order valence-electron chi connectivity index (χ1n) is 9.22. The van der Waals surface area contributed by atoms with Gasteiger partial charge in [-0.1, -0.05) is 25.1 Å². The van der Waals surface area contributed by atoms with Gasteiger partial charge in [0.2, 0.25) is 0 Å². The predicted octanol–water partition coefficient (Wildman–Crippen LogP) is 3.94. The van der Waals surface area contributed by atoms with Crippen LogP contribution < -0.4 is 5.32 Å². The number of halogens is 1. The zero-order chi connectivity index (χ0) is 18.5. The summed E-state index contributed by atoms with van der Waals surface area (Å²) < 4.78 is 13.8. The molecule has 1 saturated heterocycles. The van der Waals surface area contributed by atoms with Crippen molar-refractivity contribution in [3.8, 4) is 0 Å². The Bertz CT molecular complexity index is 780. The third kappa shape index (κ3) is 4.18. The molecule has 1 atom stereocenters. The van der Waals surface area contributed by atoms with Crippen LogP contribution in [0.4, 0.5) is 10.2 Å². The van der Waals surface area contributed by atoms with E-state index in [4.69, 9.17) is 0 Å². The second-order valence-corrected chi connectivity index (χ2v) is 6.69. The van der Waals surface area contributed by atoms with Crippen LogP contribution in [0.1, 0.15) is 54.5 Å². The molecule has 1 N–H and O–H groups in total. The molecular weight excluding hydrogens is 331 g/mol. The second-order valence-electron chi connectivity index (χ2n) is 6.69. The first kappa shape index (κ1) is 18.3. The maximum Gasteiger partial charge on any atom is 0.272 e. The average Bonchev–Trinajstić information content (AvgIpc) is 2.66. The molecule has 6 heteroatoms. The minimum Gasteiger partial charge on any atom is -0.366 e. The molecule has 138 valence electrons. The van der Waals surface area contributed by atoms with Gasteiger partial charge >= 0.3 is 0 Å². The van der Waals surface area contributed by atoms with Crippen molar-refractivity contribution >= 4 is 11.7 Å². The topological polar surface area (TPSA) is 58.1 Å². The Morgan fingerprint density at radius 3 is 2.88 bits per heavy atom. The van der Waals surface area contributed by atoms with Crippen molar-refractivity contribution in [1.29, 1.82) is 0 Å². The molecule has 5 nitrogen and oxygen atoms in total. The van der Waals surface area contributed by atoms with Gasteiger partial charge in [0, 0.05) is 30.8 Å². The lowest BCUT2D eigenvalue weighted by molar-refractivity contribution is 0.0601. The van der Waals surface area contributed by atoms with Gasteiger partial charge in [-0.25, -0.2) is 14.4 Å². The van der Waals surface area contributed by atoms with Gasteiger partial charge in [0.15, 0.2) is 0 Å². The van der Waals surface area contributed by atoms with Crippen LogP contribution in [0.3, 0.4) is 0 Å². The minimum absolute atomic E-state index is 0.0454. The van der Waals surface area contributed by atoms with E-state index in [1.54, 1.807) is 31.2 Å². The molecule has 26 heavy (non-hydrogen) atoms. The largest absolute Gasteiger partial charge is 0.366 e. The molecule has 1 aromatic carbocycles. The molecule has 1 aliphatic heterocycles. The zero-order valence-electron chi connectivity index (χ0n) is 15.3. The third-order valence-corrected chi connectivity index (χ3v) is 4.83. The second kappa shape index (κ2) is 8.25.